The van der Waals surface area contributed by atoms with Gasteiger partial charge >= 0.3 is 0 Å². The second-order valence-corrected chi connectivity index (χ2v) is 7.69. The Hall–Kier alpha value is -1.93. The number of anilines is 1. The van der Waals surface area contributed by atoms with Crippen LogP contribution in [0.5, 0.6) is 0 Å². The molecule has 0 radical (unpaired) electrons. The molecule has 146 valence electrons. The molecule has 9 heteroatoms. The summed E-state index contributed by atoms with van der Waals surface area (Å²) in [6.45, 7) is 6.70. The molecule has 2 saturated heterocycles. The molecule has 0 bridgehead atoms. The summed E-state index contributed by atoms with van der Waals surface area (Å²) in [6, 6.07) is 0.496. The van der Waals surface area contributed by atoms with E-state index in [0.29, 0.717) is 11.7 Å². The normalized spacial score (nSPS) is 21.9. The summed E-state index contributed by atoms with van der Waals surface area (Å²) >= 11 is 6.04. The lowest BCUT2D eigenvalue weighted by molar-refractivity contribution is -0.125. The molecule has 0 unspecified atom stereocenters. The van der Waals surface area contributed by atoms with Crippen LogP contribution < -0.4 is 10.2 Å². The highest BCUT2D eigenvalue weighted by Crippen LogP contribution is 2.27. The molecule has 2 aliphatic heterocycles. The van der Waals surface area contributed by atoms with E-state index in [9.17, 15) is 4.79 Å². The Labute approximate surface area is 163 Å². The average Bonchev–Trinajstić information content (AvgIpc) is 3.34. The zero-order chi connectivity index (χ0) is 18.8. The summed E-state index contributed by atoms with van der Waals surface area (Å²) in [5.74, 6) is 1.02. The third kappa shape index (κ3) is 3.87. The molecular weight excluding hydrogens is 366 g/mol. The lowest BCUT2D eigenvalue weighted by atomic mass is 9.95. The van der Waals surface area contributed by atoms with Gasteiger partial charge in [0.15, 0.2) is 11.5 Å². The van der Waals surface area contributed by atoms with E-state index >= 15 is 0 Å². The number of hydrogen-bond acceptors (Lipinski definition) is 6. The molecule has 0 spiro atoms. The molecule has 1 atom stereocenters. The Morgan fingerprint density at radius 1 is 1.30 bits per heavy atom. The first-order chi connectivity index (χ1) is 13.2. The molecule has 4 rings (SSSR count). The Morgan fingerprint density at radius 3 is 2.89 bits per heavy atom. The molecule has 2 aromatic rings. The molecule has 2 fully saturated rings. The van der Waals surface area contributed by atoms with Crippen LogP contribution in [0, 0.1) is 5.92 Å². The first-order valence-corrected chi connectivity index (χ1v) is 10.2. The van der Waals surface area contributed by atoms with Crippen molar-refractivity contribution < 1.29 is 4.79 Å². The quantitative estimate of drug-likeness (QED) is 0.755. The largest absolute Gasteiger partial charge is 0.355 e. The first kappa shape index (κ1) is 18.4. The summed E-state index contributed by atoms with van der Waals surface area (Å²) in [6.07, 6.45) is 5.63. The summed E-state index contributed by atoms with van der Waals surface area (Å²) in [7, 11) is 0. The first-order valence-electron chi connectivity index (χ1n) is 9.79. The van der Waals surface area contributed by atoms with E-state index < -0.39 is 0 Å². The number of halogens is 1. The van der Waals surface area contributed by atoms with E-state index in [4.69, 9.17) is 11.6 Å². The SMILES string of the molecule is CCN1CCC[C@@H]1CNC(=O)C1CCN(c2nc(Cl)nc3nc[nH]c23)CC1. The summed E-state index contributed by atoms with van der Waals surface area (Å²) < 4.78 is 0. The predicted octanol–water partition coefficient (Wildman–Crippen LogP) is 1.82. The van der Waals surface area contributed by atoms with E-state index in [1.54, 1.807) is 6.33 Å². The number of carbonyl (C=O) groups is 1. The molecule has 27 heavy (non-hydrogen) atoms. The highest BCUT2D eigenvalue weighted by Gasteiger charge is 2.29. The van der Waals surface area contributed by atoms with Crippen LogP contribution in [0.3, 0.4) is 0 Å². The number of amides is 1. The maximum atomic E-state index is 12.6. The number of aromatic amines is 1. The minimum Gasteiger partial charge on any atom is -0.355 e. The van der Waals surface area contributed by atoms with Crippen LogP contribution in [0.4, 0.5) is 5.82 Å². The molecule has 0 saturated carbocycles. The van der Waals surface area contributed by atoms with Crippen molar-refractivity contribution >= 4 is 34.5 Å². The van der Waals surface area contributed by atoms with E-state index in [-0.39, 0.29) is 17.1 Å². The molecule has 2 N–H and O–H groups in total. The number of piperidine rings is 1. The van der Waals surface area contributed by atoms with Crippen LogP contribution in [-0.4, -0.2) is 69.5 Å². The van der Waals surface area contributed by atoms with Gasteiger partial charge in [-0.2, -0.15) is 9.97 Å². The zero-order valence-corrected chi connectivity index (χ0v) is 16.4. The van der Waals surface area contributed by atoms with Gasteiger partial charge in [0.25, 0.3) is 0 Å². The fourth-order valence-corrected chi connectivity index (χ4v) is 4.44. The van der Waals surface area contributed by atoms with Crippen molar-refractivity contribution in [2.75, 3.05) is 37.6 Å². The molecule has 4 heterocycles. The minimum atomic E-state index is 0.0623. The Morgan fingerprint density at radius 2 is 2.11 bits per heavy atom. The van der Waals surface area contributed by atoms with Crippen LogP contribution in [-0.2, 0) is 4.79 Å². The lowest BCUT2D eigenvalue weighted by Gasteiger charge is -2.32. The monoisotopic (exact) mass is 391 g/mol. The number of fused-ring (bicyclic) bond motifs is 1. The van der Waals surface area contributed by atoms with Gasteiger partial charge in [0.1, 0.15) is 5.52 Å². The van der Waals surface area contributed by atoms with Crippen LogP contribution in [0.1, 0.15) is 32.6 Å². The highest BCUT2D eigenvalue weighted by atomic mass is 35.5. The Bertz CT molecular complexity index is 802. The number of likely N-dealkylation sites (N-methyl/N-ethyl adjacent to an activating group) is 1. The van der Waals surface area contributed by atoms with Crippen LogP contribution in [0.15, 0.2) is 6.33 Å². The van der Waals surface area contributed by atoms with Gasteiger partial charge in [0, 0.05) is 31.6 Å². The van der Waals surface area contributed by atoms with Crippen molar-refractivity contribution in [1.82, 2.24) is 30.2 Å². The molecule has 8 nitrogen and oxygen atoms in total. The van der Waals surface area contributed by atoms with E-state index in [2.05, 4.69) is 42.0 Å². The summed E-state index contributed by atoms with van der Waals surface area (Å²) in [4.78, 5) is 33.0. The zero-order valence-electron chi connectivity index (χ0n) is 15.6. The van der Waals surface area contributed by atoms with Gasteiger partial charge in [0.2, 0.25) is 11.2 Å². The van der Waals surface area contributed by atoms with Gasteiger partial charge in [-0.1, -0.05) is 6.92 Å². The van der Waals surface area contributed by atoms with Crippen molar-refractivity contribution in [3.8, 4) is 0 Å². The van der Waals surface area contributed by atoms with Gasteiger partial charge in [-0.25, -0.2) is 4.98 Å². The van der Waals surface area contributed by atoms with Crippen LogP contribution >= 0.6 is 11.6 Å². The molecule has 0 aliphatic carbocycles. The third-order valence-electron chi connectivity index (χ3n) is 5.82. The van der Waals surface area contributed by atoms with Crippen LogP contribution in [0.2, 0.25) is 5.28 Å². The summed E-state index contributed by atoms with van der Waals surface area (Å²) in [5.41, 5.74) is 1.37. The fraction of sp³-hybridized carbons (Fsp3) is 0.667. The van der Waals surface area contributed by atoms with Gasteiger partial charge in [0.05, 0.1) is 6.33 Å². The molecular formula is C18H26ClN7O. The fourth-order valence-electron chi connectivity index (χ4n) is 4.28. The molecule has 2 aromatic heterocycles. The van der Waals surface area contributed by atoms with Gasteiger partial charge < -0.3 is 15.2 Å². The van der Waals surface area contributed by atoms with Gasteiger partial charge in [-0.15, -0.1) is 0 Å². The van der Waals surface area contributed by atoms with E-state index in [1.807, 2.05) is 0 Å². The highest BCUT2D eigenvalue weighted by molar-refractivity contribution is 6.28. The second-order valence-electron chi connectivity index (χ2n) is 7.35. The van der Waals surface area contributed by atoms with Crippen molar-refractivity contribution in [2.45, 2.75) is 38.6 Å². The van der Waals surface area contributed by atoms with E-state index in [1.165, 1.54) is 12.8 Å². The molecule has 0 aromatic carbocycles. The number of H-pyrrole nitrogens is 1. The van der Waals surface area contributed by atoms with Crippen molar-refractivity contribution in [3.05, 3.63) is 11.6 Å². The second kappa shape index (κ2) is 7.98. The summed E-state index contributed by atoms with van der Waals surface area (Å²) in [5, 5.41) is 3.38. The van der Waals surface area contributed by atoms with Crippen molar-refractivity contribution in [3.63, 3.8) is 0 Å². The lowest BCUT2D eigenvalue weighted by Crippen LogP contribution is -2.45. The number of nitrogens with one attached hydrogen (secondary N) is 2. The standard InChI is InChI=1S/C18H26ClN7O/c1-2-25-7-3-4-13(25)10-20-17(27)12-5-8-26(9-6-12)16-14-15(22-11-21-14)23-18(19)24-16/h11-13H,2-10H2,1H3,(H,20,27)(H,21,22,23,24)/t13-/m1/s1. The Balaban J connectivity index is 1.33. The smallest absolute Gasteiger partial charge is 0.226 e. The Kier molecular flexibility index (Phi) is 5.45. The third-order valence-corrected chi connectivity index (χ3v) is 5.99. The van der Waals surface area contributed by atoms with Crippen molar-refractivity contribution in [1.29, 1.82) is 0 Å². The molecule has 2 aliphatic rings. The number of rotatable bonds is 5. The van der Waals surface area contributed by atoms with Crippen molar-refractivity contribution in [2.24, 2.45) is 5.92 Å². The predicted molar refractivity (Wildman–Crippen MR) is 105 cm³/mol. The van der Waals surface area contributed by atoms with E-state index in [0.717, 1.165) is 56.9 Å². The number of nitrogens with zero attached hydrogens (tertiary/aromatic N) is 5. The topological polar surface area (TPSA) is 90.0 Å². The molecule has 1 amide bonds. The van der Waals surface area contributed by atoms with Gasteiger partial charge in [-0.05, 0) is 50.4 Å². The number of hydrogen-bond donors (Lipinski definition) is 2. The average molecular weight is 392 g/mol. The minimum absolute atomic E-state index is 0.0623. The van der Waals surface area contributed by atoms with Crippen LogP contribution in [0.25, 0.3) is 11.2 Å². The number of imidazole rings is 1. The van der Waals surface area contributed by atoms with Gasteiger partial charge in [-0.3, -0.25) is 9.69 Å². The maximum absolute atomic E-state index is 12.6. The maximum Gasteiger partial charge on any atom is 0.226 e. The number of carbonyl (C=O) groups excluding carboxylic acids is 1. The number of aromatic nitrogens is 4. The number of likely N-dealkylation sites (tertiary alicyclic amines) is 1.